The molecule has 5 aromatic carbocycles. The topological polar surface area (TPSA) is 74.8 Å². The van der Waals surface area contributed by atoms with Gasteiger partial charge in [0, 0.05) is 71.2 Å². The molecule has 0 unspecified atom stereocenters. The number of fused-ring (bicyclic) bond motifs is 2. The van der Waals surface area contributed by atoms with E-state index in [0.29, 0.717) is 58.0 Å². The molecule has 8 heteroatoms. The van der Waals surface area contributed by atoms with Crippen molar-refractivity contribution < 1.29 is 19.2 Å². The zero-order chi connectivity index (χ0) is 37.2. The smallest absolute Gasteiger partial charge is 0.261 e. The number of amides is 4. The molecule has 52 heavy (non-hydrogen) atoms. The van der Waals surface area contributed by atoms with Crippen molar-refractivity contribution >= 4 is 98.6 Å². The van der Waals surface area contributed by atoms with E-state index in [2.05, 4.69) is 85.6 Å². The maximum Gasteiger partial charge on any atom is 0.261 e. The van der Waals surface area contributed by atoms with E-state index in [-0.39, 0.29) is 23.6 Å². The molecule has 0 saturated carbocycles. The molecule has 2 heterocycles. The van der Waals surface area contributed by atoms with Crippen LogP contribution >= 0.6 is 31.9 Å². The van der Waals surface area contributed by atoms with Gasteiger partial charge in [0.1, 0.15) is 0 Å². The van der Waals surface area contributed by atoms with E-state index in [1.54, 1.807) is 0 Å². The van der Waals surface area contributed by atoms with Crippen LogP contribution in [0.1, 0.15) is 121 Å². The average Bonchev–Trinajstić information content (AvgIpc) is 3.09. The molecule has 2 atom stereocenters. The average molecular weight is 825 g/mol. The summed E-state index contributed by atoms with van der Waals surface area (Å²) >= 11 is 7.66. The highest BCUT2D eigenvalue weighted by Gasteiger charge is 2.38. The predicted molar refractivity (Wildman–Crippen MR) is 219 cm³/mol. The SMILES string of the molecule is CC(C)=CCC[C@H](C)CCN1C(=O)c2ccc3c4c(Br)cc5c6c(cc(Br)c(c7ccc(c2c37)C1=O)c64)C(=O)N(CC[C@@H](C)CCC=C(C)C)C5=O. The van der Waals surface area contributed by atoms with E-state index in [0.717, 1.165) is 79.8 Å². The van der Waals surface area contributed by atoms with E-state index in [4.69, 9.17) is 0 Å². The Labute approximate surface area is 321 Å². The van der Waals surface area contributed by atoms with Gasteiger partial charge in [-0.25, -0.2) is 0 Å². The quantitative estimate of drug-likeness (QED) is 0.0543. The van der Waals surface area contributed by atoms with Gasteiger partial charge in [0.15, 0.2) is 0 Å². The minimum atomic E-state index is -0.284. The second-order valence-corrected chi connectivity index (χ2v) is 17.1. The van der Waals surface area contributed by atoms with Crippen molar-refractivity contribution in [1.29, 1.82) is 0 Å². The molecule has 6 nitrogen and oxygen atoms in total. The number of allylic oxidation sites excluding steroid dienone is 4. The summed E-state index contributed by atoms with van der Waals surface area (Å²) in [4.78, 5) is 59.1. The van der Waals surface area contributed by atoms with Crippen molar-refractivity contribution in [3.05, 3.63) is 90.9 Å². The molecule has 0 N–H and O–H groups in total. The van der Waals surface area contributed by atoms with Crippen molar-refractivity contribution in [3.8, 4) is 0 Å². The van der Waals surface area contributed by atoms with E-state index in [1.807, 2.05) is 36.4 Å². The summed E-state index contributed by atoms with van der Waals surface area (Å²) < 4.78 is 1.45. The molecule has 0 bridgehead atoms. The summed E-state index contributed by atoms with van der Waals surface area (Å²) in [5.74, 6) is -0.379. The van der Waals surface area contributed by atoms with Gasteiger partial charge in [0.2, 0.25) is 0 Å². The van der Waals surface area contributed by atoms with Gasteiger partial charge in [-0.1, -0.05) is 81.1 Å². The monoisotopic (exact) mass is 822 g/mol. The Morgan fingerprint density at radius 3 is 1.33 bits per heavy atom. The van der Waals surface area contributed by atoms with Gasteiger partial charge in [-0.3, -0.25) is 29.0 Å². The van der Waals surface area contributed by atoms with Gasteiger partial charge >= 0.3 is 0 Å². The first-order valence-electron chi connectivity index (χ1n) is 18.4. The summed E-state index contributed by atoms with van der Waals surface area (Å²) in [5, 5.41) is 6.38. The fraction of sp³-hybridized carbons (Fsp3) is 0.364. The maximum atomic E-state index is 14.1. The highest BCUT2D eigenvalue weighted by molar-refractivity contribution is 9.11. The highest BCUT2D eigenvalue weighted by Crippen LogP contribution is 2.50. The number of hydrogen-bond donors (Lipinski definition) is 0. The first-order valence-corrected chi connectivity index (χ1v) is 20.0. The van der Waals surface area contributed by atoms with Gasteiger partial charge in [-0.05, 0) is 118 Å². The molecule has 0 aliphatic carbocycles. The maximum absolute atomic E-state index is 14.1. The van der Waals surface area contributed by atoms with Crippen LogP contribution in [-0.4, -0.2) is 46.5 Å². The van der Waals surface area contributed by atoms with Crippen molar-refractivity contribution in [1.82, 2.24) is 9.80 Å². The normalized spacial score (nSPS) is 15.5. The lowest BCUT2D eigenvalue weighted by atomic mass is 9.82. The lowest BCUT2D eigenvalue weighted by Crippen LogP contribution is -2.41. The lowest BCUT2D eigenvalue weighted by Gasteiger charge is -2.31. The molecule has 268 valence electrons. The van der Waals surface area contributed by atoms with Crippen molar-refractivity contribution in [3.63, 3.8) is 0 Å². The number of benzene rings is 5. The zero-order valence-corrected chi connectivity index (χ0v) is 33.9. The van der Waals surface area contributed by atoms with Crippen LogP contribution in [0, 0.1) is 11.8 Å². The first kappa shape index (κ1) is 36.5. The largest absolute Gasteiger partial charge is 0.274 e. The number of hydrogen-bond acceptors (Lipinski definition) is 4. The molecule has 0 spiro atoms. The predicted octanol–water partition coefficient (Wildman–Crippen LogP) is 12.0. The van der Waals surface area contributed by atoms with Crippen LogP contribution in [0.25, 0.3) is 43.1 Å². The summed E-state index contributed by atoms with van der Waals surface area (Å²) in [6, 6.07) is 11.3. The Hall–Kier alpha value is -3.88. The van der Waals surface area contributed by atoms with Gasteiger partial charge < -0.3 is 0 Å². The molecule has 0 aromatic heterocycles. The van der Waals surface area contributed by atoms with E-state index >= 15 is 0 Å². The van der Waals surface area contributed by atoms with Crippen molar-refractivity contribution in [2.45, 2.75) is 80.1 Å². The summed E-state index contributed by atoms with van der Waals surface area (Å²) in [5.41, 5.74) is 4.62. The zero-order valence-electron chi connectivity index (χ0n) is 30.7. The van der Waals surface area contributed by atoms with E-state index < -0.39 is 0 Å². The third-order valence-electron chi connectivity index (χ3n) is 11.0. The second-order valence-electron chi connectivity index (χ2n) is 15.4. The number of halogens is 2. The highest BCUT2D eigenvalue weighted by atomic mass is 79.9. The summed E-state index contributed by atoms with van der Waals surface area (Å²) in [6.07, 6.45) is 9.90. The molecular weight excluding hydrogens is 780 g/mol. The molecule has 0 fully saturated rings. The van der Waals surface area contributed by atoms with Crippen LogP contribution in [0.2, 0.25) is 0 Å². The Morgan fingerprint density at radius 1 is 0.538 bits per heavy atom. The Morgan fingerprint density at radius 2 is 0.923 bits per heavy atom. The van der Waals surface area contributed by atoms with Gasteiger partial charge in [0.05, 0.1) is 0 Å². The second kappa shape index (κ2) is 14.2. The van der Waals surface area contributed by atoms with Gasteiger partial charge in [0.25, 0.3) is 23.6 Å². The van der Waals surface area contributed by atoms with Gasteiger partial charge in [-0.2, -0.15) is 0 Å². The third kappa shape index (κ3) is 6.09. The number of imide groups is 2. The van der Waals surface area contributed by atoms with Crippen LogP contribution < -0.4 is 0 Å². The van der Waals surface area contributed by atoms with Crippen LogP contribution in [-0.2, 0) is 0 Å². The van der Waals surface area contributed by atoms with Crippen LogP contribution in [0.15, 0.2) is 68.6 Å². The number of rotatable bonds is 12. The van der Waals surface area contributed by atoms with Crippen LogP contribution in [0.5, 0.6) is 0 Å². The van der Waals surface area contributed by atoms with Crippen molar-refractivity contribution in [2.24, 2.45) is 11.8 Å². The molecule has 7 rings (SSSR count). The Balaban J connectivity index is 1.30. The lowest BCUT2D eigenvalue weighted by molar-refractivity contribution is 0.0586. The molecular formula is C44H44Br2N2O4. The van der Waals surface area contributed by atoms with E-state index in [1.165, 1.54) is 20.9 Å². The summed E-state index contributed by atoms with van der Waals surface area (Å²) in [6.45, 7) is 13.5. The minimum absolute atomic E-state index is 0.269. The Bertz CT molecular complexity index is 2270. The fourth-order valence-corrected chi connectivity index (χ4v) is 9.46. The molecule has 2 aliphatic rings. The standard InChI is InChI=1S/C44H44Br2N2O4/c1-23(2)9-7-11-25(5)17-19-47-41(49)29-15-13-27-35-28(14-16-30(36(29)35)42(47)50)39-34(46)22-32-37-31(21-33(45)38(27)40(37)39)43(51)48(44(32)52)20-18-26(6)12-8-10-24(3)4/h9-10,13-16,21-22,25-26H,7-8,11-12,17-20H2,1-6H3/t25-,26-/m0/s1. The third-order valence-corrected chi connectivity index (χ3v) is 12.3. The molecule has 5 aromatic rings. The fourth-order valence-electron chi connectivity index (χ4n) is 8.18. The van der Waals surface area contributed by atoms with Crippen LogP contribution in [0.4, 0.5) is 0 Å². The Kier molecular flexibility index (Phi) is 9.94. The van der Waals surface area contributed by atoms with Gasteiger partial charge in [-0.15, -0.1) is 0 Å². The number of nitrogens with zero attached hydrogens (tertiary/aromatic N) is 2. The molecule has 4 amide bonds. The summed E-state index contributed by atoms with van der Waals surface area (Å²) in [7, 11) is 0. The molecule has 2 aliphatic heterocycles. The van der Waals surface area contributed by atoms with Crippen molar-refractivity contribution in [2.75, 3.05) is 13.1 Å². The number of carbonyl (C=O) groups excluding carboxylic acids is 4. The minimum Gasteiger partial charge on any atom is -0.274 e. The van der Waals surface area contributed by atoms with Crippen LogP contribution in [0.3, 0.4) is 0 Å². The molecule has 0 saturated heterocycles. The first-order chi connectivity index (χ1) is 24.8. The number of carbonyl (C=O) groups is 4. The molecule has 0 radical (unpaired) electrons. The van der Waals surface area contributed by atoms with E-state index in [9.17, 15) is 19.2 Å².